The van der Waals surface area contributed by atoms with Crippen LogP contribution in [0.15, 0.2) is 36.4 Å². The third-order valence-corrected chi connectivity index (χ3v) is 3.89. The summed E-state index contributed by atoms with van der Waals surface area (Å²) in [5.41, 5.74) is 1.78. The Morgan fingerprint density at radius 3 is 2.19 bits per heavy atom. The molecular weight excluding hydrogens is 352 g/mol. The SMILES string of the molecule is CCOc1ccc(NC(=S)NCc2ccc(OC)c(OC)c2OC)cc1. The van der Waals surface area contributed by atoms with E-state index in [0.29, 0.717) is 35.5 Å². The number of benzene rings is 2. The zero-order valence-electron chi connectivity index (χ0n) is 15.4. The Labute approximate surface area is 159 Å². The van der Waals surface area contributed by atoms with Crippen LogP contribution in [-0.2, 0) is 6.54 Å². The monoisotopic (exact) mass is 376 g/mol. The normalized spacial score (nSPS) is 10.0. The van der Waals surface area contributed by atoms with Crippen molar-refractivity contribution in [1.29, 1.82) is 0 Å². The average Bonchev–Trinajstić information content (AvgIpc) is 2.67. The quantitative estimate of drug-likeness (QED) is 0.683. The van der Waals surface area contributed by atoms with E-state index in [0.717, 1.165) is 17.0 Å². The molecule has 0 saturated carbocycles. The maximum absolute atomic E-state index is 5.47. The molecule has 0 heterocycles. The van der Waals surface area contributed by atoms with Crippen molar-refractivity contribution in [3.05, 3.63) is 42.0 Å². The van der Waals surface area contributed by atoms with Gasteiger partial charge >= 0.3 is 0 Å². The van der Waals surface area contributed by atoms with Crippen LogP contribution in [-0.4, -0.2) is 33.0 Å². The Morgan fingerprint density at radius 2 is 1.62 bits per heavy atom. The molecule has 2 aromatic rings. The lowest BCUT2D eigenvalue weighted by Gasteiger charge is -2.17. The second-order valence-corrected chi connectivity index (χ2v) is 5.67. The van der Waals surface area contributed by atoms with Gasteiger partial charge in [0.1, 0.15) is 5.75 Å². The standard InChI is InChI=1S/C19H24N2O4S/c1-5-25-15-9-7-14(8-10-15)21-19(26)20-12-13-6-11-16(22-2)18(24-4)17(13)23-3/h6-11H,5,12H2,1-4H3,(H2,20,21,26). The van der Waals surface area contributed by atoms with Gasteiger partial charge in [0.05, 0.1) is 27.9 Å². The summed E-state index contributed by atoms with van der Waals surface area (Å²) >= 11 is 5.36. The van der Waals surface area contributed by atoms with Crippen LogP contribution in [0.2, 0.25) is 0 Å². The number of hydrogen-bond donors (Lipinski definition) is 2. The summed E-state index contributed by atoms with van der Waals surface area (Å²) in [6.45, 7) is 3.07. The van der Waals surface area contributed by atoms with Crippen molar-refractivity contribution >= 4 is 23.0 Å². The molecule has 0 aliphatic rings. The van der Waals surface area contributed by atoms with Crippen molar-refractivity contribution < 1.29 is 18.9 Å². The Morgan fingerprint density at radius 1 is 0.923 bits per heavy atom. The molecule has 7 heteroatoms. The lowest BCUT2D eigenvalue weighted by atomic mass is 10.1. The molecule has 0 unspecified atom stereocenters. The predicted octanol–water partition coefficient (Wildman–Crippen LogP) is 3.60. The smallest absolute Gasteiger partial charge is 0.203 e. The zero-order chi connectivity index (χ0) is 18.9. The van der Waals surface area contributed by atoms with Crippen LogP contribution in [0.4, 0.5) is 5.69 Å². The molecule has 0 fully saturated rings. The minimum absolute atomic E-state index is 0.479. The average molecular weight is 376 g/mol. The van der Waals surface area contributed by atoms with Crippen LogP contribution >= 0.6 is 12.2 Å². The maximum atomic E-state index is 5.47. The molecule has 0 amide bonds. The van der Waals surface area contributed by atoms with E-state index in [1.54, 1.807) is 21.3 Å². The van der Waals surface area contributed by atoms with Crippen molar-refractivity contribution in [2.24, 2.45) is 0 Å². The minimum atomic E-state index is 0.479. The lowest BCUT2D eigenvalue weighted by Crippen LogP contribution is -2.28. The van der Waals surface area contributed by atoms with Crippen LogP contribution in [0.5, 0.6) is 23.0 Å². The summed E-state index contributed by atoms with van der Waals surface area (Å²) in [6, 6.07) is 11.4. The van der Waals surface area contributed by atoms with Gasteiger partial charge in [0.15, 0.2) is 16.6 Å². The van der Waals surface area contributed by atoms with Gasteiger partial charge in [0.25, 0.3) is 0 Å². The third kappa shape index (κ3) is 4.92. The highest BCUT2D eigenvalue weighted by molar-refractivity contribution is 7.80. The van der Waals surface area contributed by atoms with Crippen LogP contribution in [0.3, 0.4) is 0 Å². The van der Waals surface area contributed by atoms with E-state index < -0.39 is 0 Å². The summed E-state index contributed by atoms with van der Waals surface area (Å²) in [4.78, 5) is 0. The van der Waals surface area contributed by atoms with Crippen molar-refractivity contribution in [1.82, 2.24) is 5.32 Å². The molecule has 0 aromatic heterocycles. The van der Waals surface area contributed by atoms with Gasteiger partial charge in [-0.05, 0) is 55.5 Å². The molecule has 26 heavy (non-hydrogen) atoms. The van der Waals surface area contributed by atoms with Crippen LogP contribution in [0.1, 0.15) is 12.5 Å². The first-order chi connectivity index (χ1) is 12.6. The van der Waals surface area contributed by atoms with Crippen LogP contribution in [0, 0.1) is 0 Å². The molecule has 0 atom stereocenters. The van der Waals surface area contributed by atoms with E-state index in [9.17, 15) is 0 Å². The first-order valence-electron chi connectivity index (χ1n) is 8.18. The fourth-order valence-electron chi connectivity index (χ4n) is 2.45. The number of nitrogens with one attached hydrogen (secondary N) is 2. The van der Waals surface area contributed by atoms with Gasteiger partial charge in [-0.3, -0.25) is 0 Å². The van der Waals surface area contributed by atoms with E-state index in [1.807, 2.05) is 43.3 Å². The molecule has 140 valence electrons. The van der Waals surface area contributed by atoms with Gasteiger partial charge in [-0.2, -0.15) is 0 Å². The summed E-state index contributed by atoms with van der Waals surface area (Å²) in [5, 5.41) is 6.81. The summed E-state index contributed by atoms with van der Waals surface area (Å²) in [5.74, 6) is 2.61. The maximum Gasteiger partial charge on any atom is 0.203 e. The number of thiocarbonyl (C=S) groups is 1. The van der Waals surface area contributed by atoms with E-state index >= 15 is 0 Å². The fourth-order valence-corrected chi connectivity index (χ4v) is 2.64. The summed E-state index contributed by atoms with van der Waals surface area (Å²) in [7, 11) is 4.76. The van der Waals surface area contributed by atoms with Crippen LogP contribution in [0.25, 0.3) is 0 Å². The van der Waals surface area contributed by atoms with Crippen molar-refractivity contribution in [3.63, 3.8) is 0 Å². The molecule has 6 nitrogen and oxygen atoms in total. The zero-order valence-corrected chi connectivity index (χ0v) is 16.2. The van der Waals surface area contributed by atoms with Gasteiger partial charge in [0.2, 0.25) is 5.75 Å². The molecule has 0 spiro atoms. The number of hydrogen-bond acceptors (Lipinski definition) is 5. The Balaban J connectivity index is 2.00. The van der Waals surface area contributed by atoms with Gasteiger partial charge in [-0.25, -0.2) is 0 Å². The molecule has 2 rings (SSSR count). The van der Waals surface area contributed by atoms with E-state index in [4.69, 9.17) is 31.2 Å². The molecular formula is C19H24N2O4S. The van der Waals surface area contributed by atoms with Gasteiger partial charge in [-0.15, -0.1) is 0 Å². The predicted molar refractivity (Wildman–Crippen MR) is 107 cm³/mol. The molecule has 2 aromatic carbocycles. The number of anilines is 1. The highest BCUT2D eigenvalue weighted by Crippen LogP contribution is 2.39. The second kappa shape index (κ2) is 9.72. The molecule has 0 aliphatic heterocycles. The molecule has 0 radical (unpaired) electrons. The van der Waals surface area contributed by atoms with Crippen molar-refractivity contribution in [2.45, 2.75) is 13.5 Å². The third-order valence-electron chi connectivity index (χ3n) is 3.65. The van der Waals surface area contributed by atoms with E-state index in [2.05, 4.69) is 10.6 Å². The summed E-state index contributed by atoms with van der Waals surface area (Å²) in [6.07, 6.45) is 0. The first kappa shape index (κ1) is 19.7. The molecule has 0 bridgehead atoms. The molecule has 2 N–H and O–H groups in total. The minimum Gasteiger partial charge on any atom is -0.494 e. The van der Waals surface area contributed by atoms with Gasteiger partial charge in [-0.1, -0.05) is 0 Å². The van der Waals surface area contributed by atoms with E-state index in [-0.39, 0.29) is 0 Å². The Bertz CT molecular complexity index is 735. The second-order valence-electron chi connectivity index (χ2n) is 5.26. The molecule has 0 aliphatic carbocycles. The Hall–Kier alpha value is -2.67. The van der Waals surface area contributed by atoms with Crippen molar-refractivity contribution in [2.75, 3.05) is 33.3 Å². The van der Waals surface area contributed by atoms with E-state index in [1.165, 1.54) is 0 Å². The highest BCUT2D eigenvalue weighted by atomic mass is 32.1. The lowest BCUT2D eigenvalue weighted by molar-refractivity contribution is 0.322. The topological polar surface area (TPSA) is 61.0 Å². The van der Waals surface area contributed by atoms with Gasteiger partial charge < -0.3 is 29.6 Å². The Kier molecular flexibility index (Phi) is 7.35. The van der Waals surface area contributed by atoms with Crippen LogP contribution < -0.4 is 29.6 Å². The first-order valence-corrected chi connectivity index (χ1v) is 8.59. The largest absolute Gasteiger partial charge is 0.494 e. The number of ether oxygens (including phenoxy) is 4. The fraction of sp³-hybridized carbons (Fsp3) is 0.316. The molecule has 0 saturated heterocycles. The van der Waals surface area contributed by atoms with Crippen molar-refractivity contribution in [3.8, 4) is 23.0 Å². The summed E-state index contributed by atoms with van der Waals surface area (Å²) < 4.78 is 21.6. The van der Waals surface area contributed by atoms with Gasteiger partial charge in [0, 0.05) is 17.8 Å². The number of rotatable bonds is 8. The highest BCUT2D eigenvalue weighted by Gasteiger charge is 2.15. The number of methoxy groups -OCH3 is 3.